The summed E-state index contributed by atoms with van der Waals surface area (Å²) in [4.78, 5) is 0. The van der Waals surface area contributed by atoms with Crippen LogP contribution in [0.2, 0.25) is 0 Å². The van der Waals surface area contributed by atoms with Crippen molar-refractivity contribution >= 4 is 32.4 Å². The summed E-state index contributed by atoms with van der Waals surface area (Å²) in [5.41, 5.74) is 0. The highest BCUT2D eigenvalue weighted by Crippen LogP contribution is 2.23. The zero-order chi connectivity index (χ0) is 8.77. The Bertz CT molecular complexity index is 385. The van der Waals surface area contributed by atoms with Gasteiger partial charge in [-0.2, -0.15) is 5.10 Å². The molecule has 2 heterocycles. The van der Waals surface area contributed by atoms with Gasteiger partial charge < -0.3 is 0 Å². The first kappa shape index (κ1) is 8.49. The molecule has 0 bridgehead atoms. The monoisotopic (exact) mass is 298 g/mol. The molecule has 0 aliphatic carbocycles. The van der Waals surface area contributed by atoms with Crippen LogP contribution in [0, 0.1) is 3.57 Å². The van der Waals surface area contributed by atoms with E-state index >= 15 is 0 Å². The van der Waals surface area contributed by atoms with Crippen LogP contribution in [0.1, 0.15) is 6.04 Å². The molecule has 0 amide bonds. The molecule has 0 atom stereocenters. The van der Waals surface area contributed by atoms with Crippen LogP contribution in [0.3, 0.4) is 0 Å². The second kappa shape index (κ2) is 2.69. The van der Waals surface area contributed by atoms with Gasteiger partial charge in [-0.25, -0.2) is 8.42 Å². The van der Waals surface area contributed by atoms with Crippen LogP contribution in [-0.2, 0) is 9.84 Å². The van der Waals surface area contributed by atoms with Crippen LogP contribution >= 0.6 is 22.6 Å². The van der Waals surface area contributed by atoms with Crippen LogP contribution in [0.4, 0.5) is 0 Å². The average Bonchev–Trinajstić information content (AvgIpc) is 2.30. The van der Waals surface area contributed by atoms with E-state index in [0.29, 0.717) is 0 Å². The molecular formula is C6H7IN2O2S. The highest BCUT2D eigenvalue weighted by Gasteiger charge is 2.35. The smallest absolute Gasteiger partial charge is 0.154 e. The highest BCUT2D eigenvalue weighted by atomic mass is 127. The van der Waals surface area contributed by atoms with Crippen LogP contribution in [0.5, 0.6) is 0 Å². The molecule has 0 spiro atoms. The quantitative estimate of drug-likeness (QED) is 0.708. The van der Waals surface area contributed by atoms with Crippen molar-refractivity contribution < 1.29 is 8.42 Å². The number of hydrogen-bond donors (Lipinski definition) is 0. The lowest BCUT2D eigenvalue weighted by atomic mass is 10.4. The van der Waals surface area contributed by atoms with E-state index in [1.807, 2.05) is 6.20 Å². The fourth-order valence-electron chi connectivity index (χ4n) is 1.20. The molecule has 1 fully saturated rings. The van der Waals surface area contributed by atoms with Crippen molar-refractivity contribution in [2.75, 3.05) is 11.5 Å². The van der Waals surface area contributed by atoms with Crippen molar-refractivity contribution in [3.63, 3.8) is 0 Å². The Morgan fingerprint density at radius 1 is 1.58 bits per heavy atom. The van der Waals surface area contributed by atoms with Gasteiger partial charge in [-0.15, -0.1) is 0 Å². The molecule has 66 valence electrons. The molecule has 6 heteroatoms. The summed E-state index contributed by atoms with van der Waals surface area (Å²) >= 11 is 2.15. The lowest BCUT2D eigenvalue weighted by molar-refractivity contribution is 0.473. The molecule has 2 rings (SSSR count). The zero-order valence-corrected chi connectivity index (χ0v) is 9.12. The summed E-state index contributed by atoms with van der Waals surface area (Å²) in [6.07, 6.45) is 3.59. The van der Waals surface area contributed by atoms with Crippen molar-refractivity contribution in [1.29, 1.82) is 0 Å². The predicted molar refractivity (Wildman–Crippen MR) is 52.6 cm³/mol. The normalized spacial score (nSPS) is 22.1. The topological polar surface area (TPSA) is 52.0 Å². The van der Waals surface area contributed by atoms with Gasteiger partial charge in [0.25, 0.3) is 0 Å². The number of hydrogen-bond acceptors (Lipinski definition) is 3. The van der Waals surface area contributed by atoms with E-state index in [4.69, 9.17) is 0 Å². The third-order valence-electron chi connectivity index (χ3n) is 1.84. The van der Waals surface area contributed by atoms with Gasteiger partial charge in [0.15, 0.2) is 9.84 Å². The van der Waals surface area contributed by atoms with E-state index in [0.717, 1.165) is 3.57 Å². The van der Waals surface area contributed by atoms with Crippen LogP contribution in [0.25, 0.3) is 0 Å². The fraction of sp³-hybridized carbons (Fsp3) is 0.500. The van der Waals surface area contributed by atoms with Gasteiger partial charge in [0.2, 0.25) is 0 Å². The number of sulfone groups is 1. The van der Waals surface area contributed by atoms with E-state index in [2.05, 4.69) is 27.7 Å². The van der Waals surface area contributed by atoms with Crippen molar-refractivity contribution in [3.8, 4) is 0 Å². The molecular weight excluding hydrogens is 291 g/mol. The third-order valence-corrected chi connectivity index (χ3v) is 4.18. The standard InChI is InChI=1S/C6H7IN2O2S/c7-5-1-8-9(2-5)6-3-12(10,11)4-6/h1-2,6H,3-4H2. The SMILES string of the molecule is O=S1(=O)CC(n2cc(I)cn2)C1. The number of aromatic nitrogens is 2. The maximum Gasteiger partial charge on any atom is 0.154 e. The van der Waals surface area contributed by atoms with E-state index < -0.39 is 9.84 Å². The van der Waals surface area contributed by atoms with Crippen LogP contribution in [0.15, 0.2) is 12.4 Å². The third kappa shape index (κ3) is 1.49. The van der Waals surface area contributed by atoms with Crippen molar-refractivity contribution in [2.45, 2.75) is 6.04 Å². The maximum absolute atomic E-state index is 10.8. The second-order valence-electron chi connectivity index (χ2n) is 2.87. The van der Waals surface area contributed by atoms with Gasteiger partial charge in [0.1, 0.15) is 0 Å². The molecule has 1 aliphatic rings. The van der Waals surface area contributed by atoms with Gasteiger partial charge in [-0.05, 0) is 22.6 Å². The zero-order valence-electron chi connectivity index (χ0n) is 6.14. The average molecular weight is 298 g/mol. The number of nitrogens with zero attached hydrogens (tertiary/aromatic N) is 2. The largest absolute Gasteiger partial charge is 0.267 e. The molecule has 1 aromatic heterocycles. The lowest BCUT2D eigenvalue weighted by Crippen LogP contribution is -2.38. The van der Waals surface area contributed by atoms with E-state index in [9.17, 15) is 8.42 Å². The summed E-state index contributed by atoms with van der Waals surface area (Å²) in [7, 11) is -2.73. The predicted octanol–water partition coefficient (Wildman–Crippen LogP) is 0.457. The minimum absolute atomic E-state index is 0.0681. The molecule has 0 N–H and O–H groups in total. The van der Waals surface area contributed by atoms with Gasteiger partial charge in [-0.1, -0.05) is 0 Å². The Labute approximate surface area is 84.0 Å². The summed E-state index contributed by atoms with van der Waals surface area (Å²) in [6.45, 7) is 0. The molecule has 1 aliphatic heterocycles. The molecule has 1 aromatic rings. The molecule has 12 heavy (non-hydrogen) atoms. The lowest BCUT2D eigenvalue weighted by Gasteiger charge is -2.25. The van der Waals surface area contributed by atoms with Crippen molar-refractivity contribution in [3.05, 3.63) is 16.0 Å². The summed E-state index contributed by atoms with van der Waals surface area (Å²) < 4.78 is 24.4. The Morgan fingerprint density at radius 2 is 2.25 bits per heavy atom. The first-order chi connectivity index (χ1) is 5.57. The van der Waals surface area contributed by atoms with Crippen LogP contribution < -0.4 is 0 Å². The van der Waals surface area contributed by atoms with Crippen molar-refractivity contribution in [1.82, 2.24) is 9.78 Å². The number of halogens is 1. The Morgan fingerprint density at radius 3 is 2.67 bits per heavy atom. The Hall–Kier alpha value is -0.110. The minimum Gasteiger partial charge on any atom is -0.267 e. The first-order valence-corrected chi connectivity index (χ1v) is 6.37. The van der Waals surface area contributed by atoms with E-state index in [-0.39, 0.29) is 17.5 Å². The molecule has 4 nitrogen and oxygen atoms in total. The van der Waals surface area contributed by atoms with Gasteiger partial charge >= 0.3 is 0 Å². The van der Waals surface area contributed by atoms with E-state index in [1.54, 1.807) is 10.9 Å². The maximum atomic E-state index is 10.8. The Kier molecular flexibility index (Phi) is 1.90. The highest BCUT2D eigenvalue weighted by molar-refractivity contribution is 14.1. The van der Waals surface area contributed by atoms with Gasteiger partial charge in [0.05, 0.1) is 27.3 Å². The second-order valence-corrected chi connectivity index (χ2v) is 6.27. The fourth-order valence-corrected chi connectivity index (χ4v) is 2.99. The molecule has 0 saturated carbocycles. The van der Waals surface area contributed by atoms with E-state index in [1.165, 1.54) is 0 Å². The molecule has 0 aromatic carbocycles. The molecule has 0 radical (unpaired) electrons. The Balaban J connectivity index is 2.15. The van der Waals surface area contributed by atoms with Crippen molar-refractivity contribution in [2.24, 2.45) is 0 Å². The molecule has 0 unspecified atom stereocenters. The summed E-state index contributed by atoms with van der Waals surface area (Å²) in [5, 5.41) is 4.05. The summed E-state index contributed by atoms with van der Waals surface area (Å²) in [5.74, 6) is 0.482. The minimum atomic E-state index is -2.73. The van der Waals surface area contributed by atoms with Crippen LogP contribution in [-0.4, -0.2) is 29.7 Å². The number of rotatable bonds is 1. The first-order valence-electron chi connectivity index (χ1n) is 3.47. The van der Waals surface area contributed by atoms with Gasteiger partial charge in [-0.3, -0.25) is 4.68 Å². The summed E-state index contributed by atoms with van der Waals surface area (Å²) in [6, 6.07) is 0.0681. The molecule has 1 saturated heterocycles. The van der Waals surface area contributed by atoms with Gasteiger partial charge in [0, 0.05) is 6.20 Å².